The summed E-state index contributed by atoms with van der Waals surface area (Å²) in [5.74, 6) is 0.167. The van der Waals surface area contributed by atoms with E-state index in [9.17, 15) is 9.59 Å². The van der Waals surface area contributed by atoms with E-state index < -0.39 is 0 Å². The number of carbonyl (C=O) groups excluding carboxylic acids is 1. The Labute approximate surface area is 186 Å². The quantitative estimate of drug-likeness (QED) is 0.447. The Hall–Kier alpha value is -3.85. The van der Waals surface area contributed by atoms with E-state index in [0.717, 1.165) is 9.75 Å². The van der Waals surface area contributed by atoms with Crippen molar-refractivity contribution in [2.75, 3.05) is 7.05 Å². The standard InChI is InChI=1S/C23H19N5O3S/c1-12-8-9-18(32-12)17-10-15(20-13(2)27-31-22(20)25-17)23(30)28(3)11-19-24-16-7-5-4-6-14(16)21(29)26-19/h4-10H,11H2,1-3H3,(H,24,26,29). The second kappa shape index (κ2) is 7.69. The van der Waals surface area contributed by atoms with Crippen molar-refractivity contribution in [2.24, 2.45) is 0 Å². The van der Waals surface area contributed by atoms with Crippen LogP contribution >= 0.6 is 11.3 Å². The highest BCUT2D eigenvalue weighted by atomic mass is 32.1. The molecule has 9 heteroatoms. The SMILES string of the molecule is Cc1ccc(-c2cc(C(=O)N(C)Cc3nc4ccccc4c(=O)[nH]3)c3c(C)noc3n2)s1. The average Bonchev–Trinajstić information content (AvgIpc) is 3.38. The number of fused-ring (bicyclic) bond motifs is 2. The van der Waals surface area contributed by atoms with Gasteiger partial charge in [-0.2, -0.15) is 0 Å². The second-order valence-corrected chi connectivity index (χ2v) is 8.89. The van der Waals surface area contributed by atoms with Crippen molar-refractivity contribution in [1.82, 2.24) is 25.0 Å². The number of nitrogens with one attached hydrogen (secondary N) is 1. The summed E-state index contributed by atoms with van der Waals surface area (Å²) < 4.78 is 5.38. The number of hydrogen-bond donors (Lipinski definition) is 1. The molecule has 0 bridgehead atoms. The number of rotatable bonds is 4. The number of hydrogen-bond acceptors (Lipinski definition) is 7. The minimum atomic E-state index is -0.242. The van der Waals surface area contributed by atoms with Crippen molar-refractivity contribution < 1.29 is 9.32 Å². The summed E-state index contributed by atoms with van der Waals surface area (Å²) in [7, 11) is 1.67. The van der Waals surface area contributed by atoms with Crippen molar-refractivity contribution in [1.29, 1.82) is 0 Å². The maximum absolute atomic E-state index is 13.5. The van der Waals surface area contributed by atoms with Gasteiger partial charge in [0.15, 0.2) is 0 Å². The number of H-pyrrole nitrogens is 1. The first-order valence-electron chi connectivity index (χ1n) is 9.98. The molecular weight excluding hydrogens is 426 g/mol. The lowest BCUT2D eigenvalue weighted by atomic mass is 10.1. The van der Waals surface area contributed by atoms with E-state index in [-0.39, 0.29) is 18.0 Å². The van der Waals surface area contributed by atoms with Gasteiger partial charge in [-0.3, -0.25) is 9.59 Å². The molecular formula is C23H19N5O3S. The van der Waals surface area contributed by atoms with Crippen LogP contribution in [0.5, 0.6) is 0 Å². The molecule has 0 aliphatic carbocycles. The number of aryl methyl sites for hydroxylation is 2. The van der Waals surface area contributed by atoms with Crippen LogP contribution in [0.25, 0.3) is 32.6 Å². The van der Waals surface area contributed by atoms with Crippen molar-refractivity contribution in [3.05, 3.63) is 74.8 Å². The highest BCUT2D eigenvalue weighted by Crippen LogP contribution is 2.31. The Kier molecular flexibility index (Phi) is 4.82. The zero-order valence-electron chi connectivity index (χ0n) is 17.7. The summed E-state index contributed by atoms with van der Waals surface area (Å²) in [6.07, 6.45) is 0. The second-order valence-electron chi connectivity index (χ2n) is 7.60. The maximum Gasteiger partial charge on any atom is 0.259 e. The van der Waals surface area contributed by atoms with E-state index in [1.807, 2.05) is 25.1 Å². The van der Waals surface area contributed by atoms with Crippen LogP contribution in [0.15, 0.2) is 51.8 Å². The van der Waals surface area contributed by atoms with Crippen LogP contribution in [0.4, 0.5) is 0 Å². The lowest BCUT2D eigenvalue weighted by molar-refractivity contribution is 0.0783. The lowest BCUT2D eigenvalue weighted by Crippen LogP contribution is -2.28. The Morgan fingerprint density at radius 3 is 2.75 bits per heavy atom. The molecule has 0 radical (unpaired) electrons. The molecule has 0 saturated heterocycles. The molecule has 32 heavy (non-hydrogen) atoms. The summed E-state index contributed by atoms with van der Waals surface area (Å²) >= 11 is 1.59. The van der Waals surface area contributed by atoms with Crippen molar-refractivity contribution in [3.63, 3.8) is 0 Å². The number of benzene rings is 1. The third-order valence-electron chi connectivity index (χ3n) is 5.24. The molecule has 1 aromatic carbocycles. The molecule has 0 atom stereocenters. The first kappa shape index (κ1) is 20.1. The van der Waals surface area contributed by atoms with Crippen LogP contribution in [0, 0.1) is 13.8 Å². The Bertz CT molecular complexity index is 1550. The summed E-state index contributed by atoms with van der Waals surface area (Å²) in [6.45, 7) is 3.94. The maximum atomic E-state index is 13.5. The first-order chi connectivity index (χ1) is 15.4. The number of aromatic nitrogens is 4. The van der Waals surface area contributed by atoms with Crippen molar-refractivity contribution in [2.45, 2.75) is 20.4 Å². The van der Waals surface area contributed by atoms with Crippen LogP contribution in [-0.4, -0.2) is 38.0 Å². The number of carbonyl (C=O) groups is 1. The smallest absolute Gasteiger partial charge is 0.259 e. The normalized spacial score (nSPS) is 11.3. The van der Waals surface area contributed by atoms with E-state index in [0.29, 0.717) is 44.8 Å². The molecule has 0 spiro atoms. The van der Waals surface area contributed by atoms with Gasteiger partial charge in [0.2, 0.25) is 0 Å². The number of nitrogens with zero attached hydrogens (tertiary/aromatic N) is 4. The highest BCUT2D eigenvalue weighted by Gasteiger charge is 2.23. The van der Waals surface area contributed by atoms with Gasteiger partial charge in [-0.15, -0.1) is 11.3 Å². The van der Waals surface area contributed by atoms with Crippen LogP contribution in [-0.2, 0) is 6.54 Å². The molecule has 0 unspecified atom stereocenters. The summed E-state index contributed by atoms with van der Waals surface area (Å²) in [4.78, 5) is 41.3. The predicted octanol–water partition coefficient (Wildman–Crippen LogP) is 4.08. The zero-order valence-corrected chi connectivity index (χ0v) is 18.5. The largest absolute Gasteiger partial charge is 0.335 e. The third-order valence-corrected chi connectivity index (χ3v) is 6.26. The van der Waals surface area contributed by atoms with E-state index in [4.69, 9.17) is 4.52 Å². The Balaban J connectivity index is 1.54. The molecule has 160 valence electrons. The fourth-order valence-electron chi connectivity index (χ4n) is 3.67. The van der Waals surface area contributed by atoms with Crippen LogP contribution in [0.2, 0.25) is 0 Å². The molecule has 5 rings (SSSR count). The lowest BCUT2D eigenvalue weighted by Gasteiger charge is -2.17. The number of pyridine rings is 1. The third kappa shape index (κ3) is 3.46. The van der Waals surface area contributed by atoms with Crippen molar-refractivity contribution in [3.8, 4) is 10.6 Å². The van der Waals surface area contributed by atoms with Gasteiger partial charge in [-0.25, -0.2) is 9.97 Å². The fraction of sp³-hybridized carbons (Fsp3) is 0.174. The molecule has 8 nitrogen and oxygen atoms in total. The average molecular weight is 446 g/mol. The van der Waals surface area contributed by atoms with Crippen LogP contribution in [0.1, 0.15) is 26.8 Å². The molecule has 4 heterocycles. The van der Waals surface area contributed by atoms with Crippen LogP contribution < -0.4 is 5.56 Å². The van der Waals surface area contributed by atoms with E-state index in [1.165, 1.54) is 4.90 Å². The minimum absolute atomic E-state index is 0.139. The molecule has 0 aliphatic heterocycles. The molecule has 1 amide bonds. The number of amides is 1. The van der Waals surface area contributed by atoms with Gasteiger partial charge >= 0.3 is 0 Å². The van der Waals surface area contributed by atoms with Gasteiger partial charge in [-0.1, -0.05) is 17.3 Å². The minimum Gasteiger partial charge on any atom is -0.335 e. The first-order valence-corrected chi connectivity index (χ1v) is 10.8. The van der Waals surface area contributed by atoms with Gasteiger partial charge in [0, 0.05) is 11.9 Å². The van der Waals surface area contributed by atoms with E-state index in [2.05, 4.69) is 20.1 Å². The summed E-state index contributed by atoms with van der Waals surface area (Å²) in [5.41, 5.74) is 2.36. The van der Waals surface area contributed by atoms with Gasteiger partial charge in [0.25, 0.3) is 17.2 Å². The summed E-state index contributed by atoms with van der Waals surface area (Å²) in [6, 6.07) is 12.9. The number of thiophene rings is 1. The van der Waals surface area contributed by atoms with Gasteiger partial charge < -0.3 is 14.4 Å². The van der Waals surface area contributed by atoms with Crippen molar-refractivity contribution >= 4 is 39.2 Å². The van der Waals surface area contributed by atoms with Crippen LogP contribution in [0.3, 0.4) is 0 Å². The molecule has 0 fully saturated rings. The highest BCUT2D eigenvalue weighted by molar-refractivity contribution is 7.15. The molecule has 1 N–H and O–H groups in total. The Morgan fingerprint density at radius 2 is 1.97 bits per heavy atom. The Morgan fingerprint density at radius 1 is 1.16 bits per heavy atom. The molecule has 4 aromatic heterocycles. The van der Waals surface area contributed by atoms with Gasteiger partial charge in [0.1, 0.15) is 5.82 Å². The molecule has 0 aliphatic rings. The van der Waals surface area contributed by atoms with E-state index in [1.54, 1.807) is 49.6 Å². The van der Waals surface area contributed by atoms with E-state index >= 15 is 0 Å². The predicted molar refractivity (Wildman–Crippen MR) is 123 cm³/mol. The topological polar surface area (TPSA) is 105 Å². The zero-order chi connectivity index (χ0) is 22.4. The van der Waals surface area contributed by atoms with Gasteiger partial charge in [-0.05, 0) is 44.2 Å². The number of aromatic amines is 1. The monoisotopic (exact) mass is 445 g/mol. The number of para-hydroxylation sites is 1. The molecule has 0 saturated carbocycles. The summed E-state index contributed by atoms with van der Waals surface area (Å²) in [5, 5.41) is 5.10. The molecule has 5 aromatic rings. The fourth-order valence-corrected chi connectivity index (χ4v) is 4.50. The van der Waals surface area contributed by atoms with Gasteiger partial charge in [0.05, 0.1) is 44.7 Å².